The van der Waals surface area contributed by atoms with Crippen LogP contribution < -0.4 is 4.74 Å². The lowest BCUT2D eigenvalue weighted by Gasteiger charge is -2.28. The molecule has 0 saturated carbocycles. The van der Waals surface area contributed by atoms with Crippen molar-refractivity contribution in [1.82, 2.24) is 10.1 Å². The molecule has 0 saturated heterocycles. The van der Waals surface area contributed by atoms with Gasteiger partial charge in [-0.05, 0) is 61.9 Å². The zero-order valence-corrected chi connectivity index (χ0v) is 16.7. The predicted octanol–water partition coefficient (Wildman–Crippen LogP) is 5.00. The molecule has 0 spiro atoms. The highest BCUT2D eigenvalue weighted by atomic mass is 35.5. The smallest absolute Gasteiger partial charge is 0.263 e. The Morgan fingerprint density at radius 3 is 2.43 bits per heavy atom. The first-order chi connectivity index (χ1) is 13.5. The van der Waals surface area contributed by atoms with Crippen molar-refractivity contribution in [3.63, 3.8) is 0 Å². The first-order valence-corrected chi connectivity index (χ1v) is 9.71. The van der Waals surface area contributed by atoms with E-state index in [0.717, 1.165) is 22.6 Å². The highest BCUT2D eigenvalue weighted by Gasteiger charge is 2.30. The van der Waals surface area contributed by atoms with Crippen LogP contribution in [0.4, 0.5) is 0 Å². The lowest BCUT2D eigenvalue weighted by molar-refractivity contribution is -0.139. The van der Waals surface area contributed by atoms with Crippen molar-refractivity contribution in [2.75, 3.05) is 6.54 Å². The fourth-order valence-electron chi connectivity index (χ4n) is 3.27. The molecule has 1 aliphatic rings. The topological polar surface area (TPSA) is 55.6 Å². The van der Waals surface area contributed by atoms with Crippen molar-refractivity contribution in [3.05, 3.63) is 69.8 Å². The SMILES string of the molecule is CC(Oc1ccc(Cl)cc1)C(=O)N1CCc2c(noc2-c2ccc(Cl)cc2)C1. The molecular formula is C21H18Cl2N2O3. The summed E-state index contributed by atoms with van der Waals surface area (Å²) < 4.78 is 11.3. The van der Waals surface area contributed by atoms with E-state index in [1.54, 1.807) is 36.1 Å². The Balaban J connectivity index is 1.45. The number of amides is 1. The average molecular weight is 417 g/mol. The summed E-state index contributed by atoms with van der Waals surface area (Å²) in [4.78, 5) is 14.5. The summed E-state index contributed by atoms with van der Waals surface area (Å²) in [6.45, 7) is 2.73. The molecule has 3 aromatic rings. The third-order valence-electron chi connectivity index (χ3n) is 4.73. The Hall–Kier alpha value is -2.50. The Morgan fingerprint density at radius 2 is 1.75 bits per heavy atom. The molecule has 0 aliphatic carbocycles. The Labute approximate surface area is 172 Å². The summed E-state index contributed by atoms with van der Waals surface area (Å²) >= 11 is 11.8. The molecule has 1 aliphatic heterocycles. The van der Waals surface area contributed by atoms with Crippen LogP contribution >= 0.6 is 23.2 Å². The lowest BCUT2D eigenvalue weighted by Crippen LogP contribution is -2.43. The van der Waals surface area contributed by atoms with Gasteiger partial charge in [0.15, 0.2) is 11.9 Å². The molecule has 0 radical (unpaired) electrons. The molecule has 28 heavy (non-hydrogen) atoms. The number of hydrogen-bond acceptors (Lipinski definition) is 4. The van der Waals surface area contributed by atoms with E-state index in [0.29, 0.717) is 35.3 Å². The van der Waals surface area contributed by atoms with Crippen LogP contribution in [0.5, 0.6) is 5.75 Å². The van der Waals surface area contributed by atoms with Crippen molar-refractivity contribution in [2.45, 2.75) is 26.0 Å². The summed E-state index contributed by atoms with van der Waals surface area (Å²) in [6, 6.07) is 14.4. The van der Waals surface area contributed by atoms with Crippen LogP contribution in [0.2, 0.25) is 10.0 Å². The molecule has 0 fully saturated rings. The Morgan fingerprint density at radius 1 is 1.11 bits per heavy atom. The van der Waals surface area contributed by atoms with Gasteiger partial charge in [0.05, 0.1) is 6.54 Å². The number of hydrogen-bond donors (Lipinski definition) is 0. The normalized spacial score (nSPS) is 14.5. The number of carbonyl (C=O) groups excluding carboxylic acids is 1. The lowest BCUT2D eigenvalue weighted by atomic mass is 10.0. The second kappa shape index (κ2) is 7.86. The number of benzene rings is 2. The van der Waals surface area contributed by atoms with E-state index in [1.165, 1.54) is 0 Å². The molecule has 144 valence electrons. The molecule has 0 N–H and O–H groups in total. The van der Waals surface area contributed by atoms with Crippen molar-refractivity contribution >= 4 is 29.1 Å². The van der Waals surface area contributed by atoms with Gasteiger partial charge < -0.3 is 14.2 Å². The second-order valence-corrected chi connectivity index (χ2v) is 7.54. The molecule has 1 unspecified atom stereocenters. The quantitative estimate of drug-likeness (QED) is 0.600. The molecule has 0 bridgehead atoms. The maximum atomic E-state index is 12.8. The number of fused-ring (bicyclic) bond motifs is 1. The summed E-state index contributed by atoms with van der Waals surface area (Å²) in [7, 11) is 0. The molecule has 7 heteroatoms. The molecule has 2 aromatic carbocycles. The van der Waals surface area contributed by atoms with Crippen molar-refractivity contribution in [1.29, 1.82) is 0 Å². The number of carbonyl (C=O) groups is 1. The fraction of sp³-hybridized carbons (Fsp3) is 0.238. The zero-order valence-electron chi connectivity index (χ0n) is 15.2. The van der Waals surface area contributed by atoms with Crippen LogP contribution in [-0.2, 0) is 17.8 Å². The van der Waals surface area contributed by atoms with Crippen LogP contribution in [-0.4, -0.2) is 28.6 Å². The summed E-state index contributed by atoms with van der Waals surface area (Å²) in [6.07, 6.45) is 0.0706. The van der Waals surface area contributed by atoms with Gasteiger partial charge in [0.25, 0.3) is 5.91 Å². The Bertz CT molecular complexity index is 984. The third-order valence-corrected chi connectivity index (χ3v) is 5.24. The van der Waals surface area contributed by atoms with Crippen LogP contribution in [0.25, 0.3) is 11.3 Å². The molecule has 2 heterocycles. The number of ether oxygens (including phenoxy) is 1. The third kappa shape index (κ3) is 3.86. The van der Waals surface area contributed by atoms with E-state index in [9.17, 15) is 4.79 Å². The Kier molecular flexibility index (Phi) is 5.29. The summed E-state index contributed by atoms with van der Waals surface area (Å²) in [5, 5.41) is 5.48. The van der Waals surface area contributed by atoms with Gasteiger partial charge in [-0.2, -0.15) is 0 Å². The first kappa shape index (κ1) is 18.8. The minimum atomic E-state index is -0.606. The standard InChI is InChI=1S/C21H18Cl2N2O3/c1-13(27-17-8-6-16(23)7-9-17)21(26)25-11-10-18-19(12-25)24-28-20(18)14-2-4-15(22)5-3-14/h2-9,13H,10-12H2,1H3. The van der Waals surface area contributed by atoms with E-state index < -0.39 is 6.10 Å². The second-order valence-electron chi connectivity index (χ2n) is 6.67. The van der Waals surface area contributed by atoms with Crippen molar-refractivity contribution in [3.8, 4) is 17.1 Å². The molecule has 1 aromatic heterocycles. The van der Waals surface area contributed by atoms with Gasteiger partial charge in [0.2, 0.25) is 0 Å². The van der Waals surface area contributed by atoms with E-state index in [4.69, 9.17) is 32.5 Å². The van der Waals surface area contributed by atoms with Gasteiger partial charge in [0, 0.05) is 27.7 Å². The zero-order chi connectivity index (χ0) is 19.7. The number of nitrogens with zero attached hydrogens (tertiary/aromatic N) is 2. The van der Waals surface area contributed by atoms with Gasteiger partial charge in [-0.3, -0.25) is 4.79 Å². The molecule has 4 rings (SSSR count). The van der Waals surface area contributed by atoms with E-state index >= 15 is 0 Å². The van der Waals surface area contributed by atoms with E-state index in [2.05, 4.69) is 5.16 Å². The maximum absolute atomic E-state index is 12.8. The first-order valence-electron chi connectivity index (χ1n) is 8.95. The van der Waals surface area contributed by atoms with Gasteiger partial charge in [-0.15, -0.1) is 0 Å². The van der Waals surface area contributed by atoms with Crippen LogP contribution in [0.15, 0.2) is 53.1 Å². The number of halogens is 2. The molecule has 1 amide bonds. The minimum Gasteiger partial charge on any atom is -0.481 e. The highest BCUT2D eigenvalue weighted by Crippen LogP contribution is 2.31. The fourth-order valence-corrected chi connectivity index (χ4v) is 3.52. The van der Waals surface area contributed by atoms with Crippen LogP contribution in [0.3, 0.4) is 0 Å². The highest BCUT2D eigenvalue weighted by molar-refractivity contribution is 6.30. The summed E-state index contributed by atoms with van der Waals surface area (Å²) in [5.74, 6) is 1.26. The van der Waals surface area contributed by atoms with Crippen molar-refractivity contribution < 1.29 is 14.1 Å². The van der Waals surface area contributed by atoms with Gasteiger partial charge in [-0.25, -0.2) is 0 Å². The predicted molar refractivity (Wildman–Crippen MR) is 108 cm³/mol. The number of aromatic nitrogens is 1. The largest absolute Gasteiger partial charge is 0.481 e. The van der Waals surface area contributed by atoms with Crippen LogP contribution in [0.1, 0.15) is 18.2 Å². The van der Waals surface area contributed by atoms with Gasteiger partial charge in [-0.1, -0.05) is 28.4 Å². The number of rotatable bonds is 4. The minimum absolute atomic E-state index is 0.0864. The summed E-state index contributed by atoms with van der Waals surface area (Å²) in [5.41, 5.74) is 2.75. The monoisotopic (exact) mass is 416 g/mol. The maximum Gasteiger partial charge on any atom is 0.263 e. The van der Waals surface area contributed by atoms with Crippen molar-refractivity contribution in [2.24, 2.45) is 0 Å². The van der Waals surface area contributed by atoms with Gasteiger partial charge >= 0.3 is 0 Å². The van der Waals surface area contributed by atoms with E-state index in [1.807, 2.05) is 24.3 Å². The molecule has 1 atom stereocenters. The van der Waals surface area contributed by atoms with Crippen LogP contribution in [0, 0.1) is 0 Å². The average Bonchev–Trinajstić information content (AvgIpc) is 3.13. The molecule has 5 nitrogen and oxygen atoms in total. The molecular weight excluding hydrogens is 399 g/mol. The van der Waals surface area contributed by atoms with Gasteiger partial charge in [0.1, 0.15) is 11.4 Å². The van der Waals surface area contributed by atoms with E-state index in [-0.39, 0.29) is 5.91 Å².